The lowest BCUT2D eigenvalue weighted by atomic mass is 9.94. The van der Waals surface area contributed by atoms with E-state index in [4.69, 9.17) is 4.74 Å². The van der Waals surface area contributed by atoms with Crippen LogP contribution in [0.4, 0.5) is 13.2 Å². The van der Waals surface area contributed by atoms with Gasteiger partial charge in [0.2, 0.25) is 0 Å². The van der Waals surface area contributed by atoms with Gasteiger partial charge in [0.15, 0.2) is 0 Å². The third-order valence-electron chi connectivity index (χ3n) is 7.15. The van der Waals surface area contributed by atoms with Crippen LogP contribution in [0.5, 0.6) is 5.75 Å². The van der Waals surface area contributed by atoms with Crippen molar-refractivity contribution in [2.45, 2.75) is 63.7 Å². The van der Waals surface area contributed by atoms with Crippen LogP contribution in [0.2, 0.25) is 0 Å². The summed E-state index contributed by atoms with van der Waals surface area (Å²) >= 11 is 0. The van der Waals surface area contributed by atoms with Crippen molar-refractivity contribution in [1.29, 1.82) is 0 Å². The van der Waals surface area contributed by atoms with Crippen LogP contribution in [0.1, 0.15) is 58.4 Å². The first-order valence-electron chi connectivity index (χ1n) is 12.4. The zero-order valence-electron chi connectivity index (χ0n) is 20.5. The highest BCUT2D eigenvalue weighted by Gasteiger charge is 2.47. The van der Waals surface area contributed by atoms with Gasteiger partial charge in [-0.25, -0.2) is 0 Å². The summed E-state index contributed by atoms with van der Waals surface area (Å²) in [5.41, 5.74) is 3.59. The van der Waals surface area contributed by atoms with Crippen LogP contribution < -0.4 is 15.4 Å². The number of hydrogen-bond acceptors (Lipinski definition) is 4. The zero-order chi connectivity index (χ0) is 25.5. The average molecular weight is 498 g/mol. The van der Waals surface area contributed by atoms with Gasteiger partial charge in [-0.1, -0.05) is 18.2 Å². The molecule has 8 heteroatoms. The van der Waals surface area contributed by atoms with Crippen molar-refractivity contribution < 1.29 is 22.7 Å². The SMILES string of the molecule is Cc1ccc2c(C3(NC(=O)c4cc(OCC5CCN5)ccc4C)CC3)cc(CCC(F)(F)F)cc2n1. The molecule has 1 aliphatic carbocycles. The molecular weight excluding hydrogens is 467 g/mol. The van der Waals surface area contributed by atoms with Gasteiger partial charge in [0, 0.05) is 29.1 Å². The number of rotatable bonds is 8. The topological polar surface area (TPSA) is 63.2 Å². The highest BCUT2D eigenvalue weighted by Crippen LogP contribution is 2.48. The Morgan fingerprint density at radius 3 is 2.61 bits per heavy atom. The van der Waals surface area contributed by atoms with Crippen molar-refractivity contribution in [2.24, 2.45) is 0 Å². The van der Waals surface area contributed by atoms with Gasteiger partial charge in [0.05, 0.1) is 11.1 Å². The molecule has 2 aliphatic rings. The van der Waals surface area contributed by atoms with Crippen LogP contribution in [-0.4, -0.2) is 36.3 Å². The number of pyridine rings is 1. The average Bonchev–Trinajstić information content (AvgIpc) is 3.56. The Morgan fingerprint density at radius 2 is 1.94 bits per heavy atom. The highest BCUT2D eigenvalue weighted by atomic mass is 19.4. The minimum atomic E-state index is -4.24. The van der Waals surface area contributed by atoms with E-state index in [1.54, 1.807) is 12.1 Å². The Labute approximate surface area is 208 Å². The molecule has 5 rings (SSSR count). The van der Waals surface area contributed by atoms with E-state index in [2.05, 4.69) is 15.6 Å². The summed E-state index contributed by atoms with van der Waals surface area (Å²) in [5.74, 6) is 0.426. The van der Waals surface area contributed by atoms with Crippen molar-refractivity contribution >= 4 is 16.8 Å². The number of nitrogens with one attached hydrogen (secondary N) is 2. The summed E-state index contributed by atoms with van der Waals surface area (Å²) in [5, 5.41) is 7.35. The number of nitrogens with zero attached hydrogens (tertiary/aromatic N) is 1. The fourth-order valence-electron chi connectivity index (χ4n) is 4.72. The van der Waals surface area contributed by atoms with Crippen LogP contribution in [0.25, 0.3) is 10.9 Å². The number of amides is 1. The molecule has 1 aromatic heterocycles. The monoisotopic (exact) mass is 497 g/mol. The smallest absolute Gasteiger partial charge is 0.389 e. The van der Waals surface area contributed by atoms with Gasteiger partial charge in [-0.05, 0) is 87.0 Å². The molecule has 3 aromatic rings. The Hall–Kier alpha value is -3.13. The normalized spacial score (nSPS) is 18.5. The Balaban J connectivity index is 1.42. The summed E-state index contributed by atoms with van der Waals surface area (Å²) in [7, 11) is 0. The van der Waals surface area contributed by atoms with Crippen molar-refractivity contribution in [3.63, 3.8) is 0 Å². The van der Waals surface area contributed by atoms with Gasteiger partial charge < -0.3 is 15.4 Å². The molecule has 0 spiro atoms. The van der Waals surface area contributed by atoms with E-state index >= 15 is 0 Å². The molecule has 190 valence electrons. The molecule has 2 heterocycles. The number of benzene rings is 2. The quantitative estimate of drug-likeness (QED) is 0.431. The Morgan fingerprint density at radius 1 is 1.17 bits per heavy atom. The maximum absolute atomic E-state index is 13.4. The fourth-order valence-corrected chi connectivity index (χ4v) is 4.72. The molecule has 1 unspecified atom stereocenters. The number of ether oxygens (including phenoxy) is 1. The second-order valence-electron chi connectivity index (χ2n) is 10.0. The van der Waals surface area contributed by atoms with Crippen molar-refractivity contribution in [1.82, 2.24) is 15.6 Å². The van der Waals surface area contributed by atoms with Crippen LogP contribution in [-0.2, 0) is 12.0 Å². The van der Waals surface area contributed by atoms with E-state index in [0.717, 1.165) is 35.2 Å². The first-order chi connectivity index (χ1) is 17.1. The molecule has 1 amide bonds. The molecule has 2 fully saturated rings. The Kier molecular flexibility index (Phi) is 6.41. The first-order valence-corrected chi connectivity index (χ1v) is 12.4. The van der Waals surface area contributed by atoms with E-state index in [1.807, 2.05) is 44.2 Å². The number of carbonyl (C=O) groups excluding carboxylic acids is 1. The number of carbonyl (C=O) groups is 1. The molecule has 1 saturated carbocycles. The highest BCUT2D eigenvalue weighted by molar-refractivity contribution is 5.97. The number of hydrogen-bond donors (Lipinski definition) is 2. The number of aryl methyl sites for hydroxylation is 3. The molecule has 36 heavy (non-hydrogen) atoms. The van der Waals surface area contributed by atoms with Crippen LogP contribution >= 0.6 is 0 Å². The van der Waals surface area contributed by atoms with Crippen LogP contribution in [0.3, 0.4) is 0 Å². The first kappa shape index (κ1) is 24.6. The third kappa shape index (κ3) is 5.33. The van der Waals surface area contributed by atoms with E-state index in [9.17, 15) is 18.0 Å². The summed E-state index contributed by atoms with van der Waals surface area (Å²) in [6, 6.07) is 13.2. The number of aromatic nitrogens is 1. The standard InChI is InChI=1S/C28H30F3N3O2/c1-17-3-5-21(36-16-20-8-12-32-20)15-23(17)26(35)34-27(10-11-27)24-13-19(7-9-28(29,30)31)14-25-22(24)6-4-18(2)33-25/h3-6,13-15,20,32H,7-12,16H2,1-2H3,(H,34,35). The lowest BCUT2D eigenvalue weighted by Crippen LogP contribution is -2.46. The Bertz CT molecular complexity index is 1300. The fraction of sp³-hybridized carbons (Fsp3) is 0.429. The van der Waals surface area contributed by atoms with E-state index in [1.165, 1.54) is 0 Å². The summed E-state index contributed by atoms with van der Waals surface area (Å²) in [6.45, 7) is 5.29. The van der Waals surface area contributed by atoms with Crippen molar-refractivity contribution in [3.05, 3.63) is 70.4 Å². The van der Waals surface area contributed by atoms with E-state index < -0.39 is 18.1 Å². The molecule has 1 atom stereocenters. The van der Waals surface area contributed by atoms with E-state index in [-0.39, 0.29) is 12.3 Å². The van der Waals surface area contributed by atoms with Crippen molar-refractivity contribution in [3.8, 4) is 5.75 Å². The summed E-state index contributed by atoms with van der Waals surface area (Å²) < 4.78 is 44.7. The van der Waals surface area contributed by atoms with Gasteiger partial charge in [-0.2, -0.15) is 13.2 Å². The molecule has 5 nitrogen and oxygen atoms in total. The predicted octanol–water partition coefficient (Wildman–Crippen LogP) is 5.51. The van der Waals surface area contributed by atoms with Gasteiger partial charge in [-0.3, -0.25) is 9.78 Å². The second-order valence-corrected chi connectivity index (χ2v) is 10.0. The molecule has 1 saturated heterocycles. The molecule has 0 bridgehead atoms. The van der Waals surface area contributed by atoms with E-state index in [0.29, 0.717) is 47.9 Å². The van der Waals surface area contributed by atoms with Gasteiger partial charge in [0.1, 0.15) is 12.4 Å². The third-order valence-corrected chi connectivity index (χ3v) is 7.15. The maximum atomic E-state index is 13.4. The molecule has 0 radical (unpaired) electrons. The largest absolute Gasteiger partial charge is 0.492 e. The molecule has 2 N–H and O–H groups in total. The number of fused-ring (bicyclic) bond motifs is 1. The summed E-state index contributed by atoms with van der Waals surface area (Å²) in [6.07, 6.45) is -2.75. The summed E-state index contributed by atoms with van der Waals surface area (Å²) in [4.78, 5) is 18.0. The lowest BCUT2D eigenvalue weighted by Gasteiger charge is -2.27. The van der Waals surface area contributed by atoms with Crippen molar-refractivity contribution in [2.75, 3.05) is 13.2 Å². The predicted molar refractivity (Wildman–Crippen MR) is 132 cm³/mol. The van der Waals surface area contributed by atoms with Gasteiger partial charge >= 0.3 is 6.18 Å². The molecular formula is C28H30F3N3O2. The molecule has 1 aliphatic heterocycles. The minimum Gasteiger partial charge on any atom is -0.492 e. The molecule has 2 aromatic carbocycles. The lowest BCUT2D eigenvalue weighted by molar-refractivity contribution is -0.134. The minimum absolute atomic E-state index is 0.125. The number of alkyl halides is 3. The maximum Gasteiger partial charge on any atom is 0.389 e. The zero-order valence-corrected chi connectivity index (χ0v) is 20.5. The van der Waals surface area contributed by atoms with Gasteiger partial charge in [0.25, 0.3) is 5.91 Å². The van der Waals surface area contributed by atoms with Crippen LogP contribution in [0, 0.1) is 13.8 Å². The van der Waals surface area contributed by atoms with Crippen LogP contribution in [0.15, 0.2) is 42.5 Å². The number of halogens is 3. The second kappa shape index (κ2) is 9.39. The van der Waals surface area contributed by atoms with Gasteiger partial charge in [-0.15, -0.1) is 0 Å².